The molecule has 0 fully saturated rings. The first-order valence-electron chi connectivity index (χ1n) is 14.6. The molecule has 0 aliphatic rings. The van der Waals surface area contributed by atoms with E-state index in [-0.39, 0.29) is 37.9 Å². The van der Waals surface area contributed by atoms with Crippen molar-refractivity contribution in [2.24, 2.45) is 17.2 Å². The number of amides is 3. The standard InChI is InChI=1S/C33H42N8O4/c1-33(25-11-6-3-7-12-25,19-22-14-16-24(17-15-22)28(34)35)31(44)41-27(21-45-20-23-9-4-2-5-10-23)30(43)40-26(29(36)42)13-8-18-39-32(37)38/h2-7,9-12,14-17,26-27H,8,13,18-21H2,1H3,(H3,34,35)(H2,36,42)(H,40,43)(H,41,44)(H4,37,38,39)/t26-,27-,33+/m0/s1. The number of nitrogens with two attached hydrogens (primary N) is 3. The lowest BCUT2D eigenvalue weighted by atomic mass is 9.76. The first-order chi connectivity index (χ1) is 21.5. The Morgan fingerprint density at radius 2 is 1.44 bits per heavy atom. The maximum atomic E-state index is 14.2. The number of hydrogen-bond acceptors (Lipinski definition) is 6. The molecule has 0 saturated heterocycles. The van der Waals surface area contributed by atoms with Gasteiger partial charge in [-0.2, -0.15) is 0 Å². The maximum Gasteiger partial charge on any atom is 0.245 e. The molecular weight excluding hydrogens is 572 g/mol. The van der Waals surface area contributed by atoms with E-state index < -0.39 is 35.2 Å². The predicted molar refractivity (Wildman–Crippen MR) is 173 cm³/mol. The minimum absolute atomic E-state index is 0.0566. The third-order valence-electron chi connectivity index (χ3n) is 7.40. The van der Waals surface area contributed by atoms with Crippen LogP contribution >= 0.6 is 0 Å². The molecule has 0 aromatic heterocycles. The molecule has 3 amide bonds. The lowest BCUT2D eigenvalue weighted by molar-refractivity contribution is -0.135. The topological polar surface area (TPSA) is 222 Å². The van der Waals surface area contributed by atoms with Crippen LogP contribution in [0, 0.1) is 10.8 Å². The van der Waals surface area contributed by atoms with E-state index in [0.717, 1.165) is 16.7 Å². The van der Waals surface area contributed by atoms with Crippen LogP contribution in [0.4, 0.5) is 0 Å². The number of hydrogen-bond donors (Lipinski definition) is 8. The van der Waals surface area contributed by atoms with E-state index in [1.54, 1.807) is 19.1 Å². The highest BCUT2D eigenvalue weighted by molar-refractivity contribution is 5.96. The number of nitrogen functional groups attached to an aromatic ring is 1. The highest BCUT2D eigenvalue weighted by Gasteiger charge is 2.38. The summed E-state index contributed by atoms with van der Waals surface area (Å²) in [6, 6.07) is 23.5. The second-order valence-corrected chi connectivity index (χ2v) is 11.0. The fraction of sp³-hybridized carbons (Fsp3) is 0.303. The maximum absolute atomic E-state index is 14.2. The Hall–Kier alpha value is -5.23. The van der Waals surface area contributed by atoms with Gasteiger partial charge < -0.3 is 37.9 Å². The van der Waals surface area contributed by atoms with Crippen LogP contribution in [0.25, 0.3) is 0 Å². The second-order valence-electron chi connectivity index (χ2n) is 11.0. The number of amidine groups is 1. The Bertz CT molecular complexity index is 1450. The van der Waals surface area contributed by atoms with Crippen molar-refractivity contribution in [3.8, 4) is 0 Å². The number of rotatable bonds is 17. The molecule has 0 saturated carbocycles. The van der Waals surface area contributed by atoms with Gasteiger partial charge in [0.2, 0.25) is 17.7 Å². The van der Waals surface area contributed by atoms with E-state index >= 15 is 0 Å². The van der Waals surface area contributed by atoms with E-state index in [1.165, 1.54) is 0 Å². The summed E-state index contributed by atoms with van der Waals surface area (Å²) in [5.74, 6) is -2.04. The average molecular weight is 615 g/mol. The zero-order valence-corrected chi connectivity index (χ0v) is 25.3. The summed E-state index contributed by atoms with van der Waals surface area (Å²) in [6.45, 7) is 2.15. The largest absolute Gasteiger partial charge is 0.384 e. The molecule has 0 aliphatic heterocycles. The van der Waals surface area contributed by atoms with Gasteiger partial charge in [-0.05, 0) is 42.9 Å². The molecule has 3 aromatic carbocycles. The van der Waals surface area contributed by atoms with E-state index in [9.17, 15) is 14.4 Å². The first-order valence-corrected chi connectivity index (χ1v) is 14.6. The number of nitrogens with one attached hydrogen (secondary N) is 5. The summed E-state index contributed by atoms with van der Waals surface area (Å²) in [6.07, 6.45) is 0.891. The van der Waals surface area contributed by atoms with Crippen LogP contribution in [0.15, 0.2) is 84.9 Å². The molecule has 11 N–H and O–H groups in total. The lowest BCUT2D eigenvalue weighted by Gasteiger charge is -2.32. The average Bonchev–Trinajstić information content (AvgIpc) is 3.02. The van der Waals surface area contributed by atoms with Crippen LogP contribution < -0.4 is 33.2 Å². The minimum Gasteiger partial charge on any atom is -0.384 e. The van der Waals surface area contributed by atoms with Gasteiger partial charge in [-0.1, -0.05) is 84.9 Å². The molecule has 0 heterocycles. The summed E-state index contributed by atoms with van der Waals surface area (Å²) in [5.41, 5.74) is 18.4. The number of carbonyl (C=O) groups is 3. The minimum atomic E-state index is -1.15. The first kappa shape index (κ1) is 34.3. The number of benzene rings is 3. The van der Waals surface area contributed by atoms with Crippen LogP contribution in [0.3, 0.4) is 0 Å². The molecule has 3 atom stereocenters. The summed E-state index contributed by atoms with van der Waals surface area (Å²) in [7, 11) is 0. The van der Waals surface area contributed by atoms with Gasteiger partial charge >= 0.3 is 0 Å². The Morgan fingerprint density at radius 3 is 2.02 bits per heavy atom. The quantitative estimate of drug-likeness (QED) is 0.0633. The van der Waals surface area contributed by atoms with Gasteiger partial charge in [-0.15, -0.1) is 0 Å². The number of carbonyl (C=O) groups excluding carboxylic acids is 3. The molecule has 12 heteroatoms. The molecule has 0 radical (unpaired) electrons. The molecule has 0 aliphatic carbocycles. The molecule has 3 aromatic rings. The molecule has 3 rings (SSSR count). The van der Waals surface area contributed by atoms with Crippen molar-refractivity contribution in [3.05, 3.63) is 107 Å². The van der Waals surface area contributed by atoms with Crippen molar-refractivity contribution in [1.29, 1.82) is 10.8 Å². The molecule has 0 unspecified atom stereocenters. The van der Waals surface area contributed by atoms with Crippen LogP contribution in [-0.2, 0) is 37.6 Å². The monoisotopic (exact) mass is 614 g/mol. The number of guanidine groups is 1. The lowest BCUT2D eigenvalue weighted by Crippen LogP contribution is -2.57. The van der Waals surface area contributed by atoms with Crippen molar-refractivity contribution in [3.63, 3.8) is 0 Å². The van der Waals surface area contributed by atoms with E-state index in [0.29, 0.717) is 18.5 Å². The zero-order valence-electron chi connectivity index (χ0n) is 25.3. The van der Waals surface area contributed by atoms with Crippen molar-refractivity contribution >= 4 is 29.5 Å². The molecule has 0 bridgehead atoms. The summed E-state index contributed by atoms with van der Waals surface area (Å²) in [4.78, 5) is 39.9. The van der Waals surface area contributed by atoms with E-state index in [1.807, 2.05) is 72.8 Å². The predicted octanol–water partition coefficient (Wildman–Crippen LogP) is 1.41. The second kappa shape index (κ2) is 16.6. The smallest absolute Gasteiger partial charge is 0.245 e. The van der Waals surface area contributed by atoms with Gasteiger partial charge in [-0.3, -0.25) is 25.2 Å². The third kappa shape index (κ3) is 10.5. The van der Waals surface area contributed by atoms with Crippen LogP contribution in [0.5, 0.6) is 0 Å². The van der Waals surface area contributed by atoms with Crippen molar-refractivity contribution in [2.45, 2.75) is 50.3 Å². The van der Waals surface area contributed by atoms with Crippen molar-refractivity contribution in [2.75, 3.05) is 13.2 Å². The van der Waals surface area contributed by atoms with Gasteiger partial charge in [-0.25, -0.2) is 0 Å². The molecular formula is C33H42N8O4. The van der Waals surface area contributed by atoms with Gasteiger partial charge in [0.15, 0.2) is 5.96 Å². The highest BCUT2D eigenvalue weighted by Crippen LogP contribution is 2.29. The number of primary amides is 1. The third-order valence-corrected chi connectivity index (χ3v) is 7.40. The number of ether oxygens (including phenoxy) is 1. The summed E-state index contributed by atoms with van der Waals surface area (Å²) in [5, 5.41) is 23.1. The fourth-order valence-corrected chi connectivity index (χ4v) is 4.79. The zero-order chi connectivity index (χ0) is 32.8. The fourth-order valence-electron chi connectivity index (χ4n) is 4.79. The Morgan fingerprint density at radius 1 is 0.822 bits per heavy atom. The molecule has 45 heavy (non-hydrogen) atoms. The van der Waals surface area contributed by atoms with Gasteiger partial charge in [0.1, 0.15) is 17.9 Å². The van der Waals surface area contributed by atoms with Gasteiger partial charge in [0.25, 0.3) is 0 Å². The Kier molecular flexibility index (Phi) is 12.6. The Balaban J connectivity index is 1.84. The van der Waals surface area contributed by atoms with Crippen molar-refractivity contribution < 1.29 is 19.1 Å². The van der Waals surface area contributed by atoms with Gasteiger partial charge in [0.05, 0.1) is 18.6 Å². The normalized spacial score (nSPS) is 13.4. The van der Waals surface area contributed by atoms with Gasteiger partial charge in [0, 0.05) is 12.1 Å². The highest BCUT2D eigenvalue weighted by atomic mass is 16.5. The van der Waals surface area contributed by atoms with E-state index in [4.69, 9.17) is 32.8 Å². The molecule has 0 spiro atoms. The van der Waals surface area contributed by atoms with Crippen molar-refractivity contribution in [1.82, 2.24) is 16.0 Å². The van der Waals surface area contributed by atoms with Crippen LogP contribution in [-0.4, -0.2) is 54.8 Å². The summed E-state index contributed by atoms with van der Waals surface area (Å²) < 4.78 is 5.87. The van der Waals surface area contributed by atoms with Crippen LogP contribution in [0.1, 0.15) is 42.0 Å². The van der Waals surface area contributed by atoms with Crippen LogP contribution in [0.2, 0.25) is 0 Å². The SMILES string of the molecule is C[C@](Cc1ccc(C(=N)N)cc1)(C(=O)N[C@@H](COCc1ccccc1)C(=O)N[C@@H](CCCNC(=N)N)C(N)=O)c1ccccc1. The Labute approximate surface area is 263 Å². The molecule has 238 valence electrons. The molecule has 12 nitrogen and oxygen atoms in total. The van der Waals surface area contributed by atoms with E-state index in [2.05, 4.69) is 16.0 Å². The summed E-state index contributed by atoms with van der Waals surface area (Å²) >= 11 is 0.